The summed E-state index contributed by atoms with van der Waals surface area (Å²) in [5, 5.41) is 12.0. The van der Waals surface area contributed by atoms with Gasteiger partial charge in [0, 0.05) is 13.1 Å². The van der Waals surface area contributed by atoms with Crippen LogP contribution in [-0.2, 0) is 6.42 Å². The van der Waals surface area contributed by atoms with E-state index < -0.39 is 0 Å². The molecule has 1 fully saturated rings. The van der Waals surface area contributed by atoms with Gasteiger partial charge in [0.2, 0.25) is 0 Å². The number of carbonyl (C=O) groups is 1. The number of likely N-dealkylation sites (tertiary alicyclic amines) is 1. The molecule has 0 saturated carbocycles. The quantitative estimate of drug-likeness (QED) is 0.687. The molecular formula is C22H34ClN5O2. The summed E-state index contributed by atoms with van der Waals surface area (Å²) < 4.78 is 7.48. The Labute approximate surface area is 185 Å². The van der Waals surface area contributed by atoms with Crippen LogP contribution in [0.2, 0.25) is 0 Å². The van der Waals surface area contributed by atoms with E-state index in [2.05, 4.69) is 22.6 Å². The lowest BCUT2D eigenvalue weighted by Crippen LogP contribution is -2.41. The van der Waals surface area contributed by atoms with Crippen molar-refractivity contribution >= 4 is 18.3 Å². The number of benzene rings is 1. The molecule has 1 aromatic carbocycles. The summed E-state index contributed by atoms with van der Waals surface area (Å²) in [4.78, 5) is 15.0. The Morgan fingerprint density at radius 2 is 1.87 bits per heavy atom. The number of rotatable bonds is 8. The van der Waals surface area contributed by atoms with E-state index in [1.165, 1.54) is 0 Å². The topological polar surface area (TPSA) is 72.3 Å². The van der Waals surface area contributed by atoms with Crippen LogP contribution in [0.25, 0.3) is 5.69 Å². The van der Waals surface area contributed by atoms with Crippen molar-refractivity contribution in [1.29, 1.82) is 0 Å². The Balaban J connectivity index is 0.00000320. The Hall–Kier alpha value is -2.12. The van der Waals surface area contributed by atoms with Gasteiger partial charge in [0.1, 0.15) is 5.75 Å². The number of piperidine rings is 1. The van der Waals surface area contributed by atoms with Gasteiger partial charge in [-0.05, 0) is 76.4 Å². The van der Waals surface area contributed by atoms with Gasteiger partial charge in [0.05, 0.1) is 17.5 Å². The van der Waals surface area contributed by atoms with Crippen LogP contribution in [0.15, 0.2) is 24.3 Å². The predicted molar refractivity (Wildman–Crippen MR) is 121 cm³/mol. The molecule has 1 aromatic heterocycles. The lowest BCUT2D eigenvalue weighted by molar-refractivity contribution is 0.0683. The number of carbonyl (C=O) groups excluding carboxylic acids is 1. The molecule has 1 aliphatic heterocycles. The molecule has 1 amide bonds. The molecule has 3 rings (SSSR count). The van der Waals surface area contributed by atoms with Gasteiger partial charge in [-0.25, -0.2) is 4.68 Å². The largest absolute Gasteiger partial charge is 0.491 e. The monoisotopic (exact) mass is 435 g/mol. The average molecular weight is 436 g/mol. The van der Waals surface area contributed by atoms with E-state index in [0.29, 0.717) is 18.0 Å². The van der Waals surface area contributed by atoms with Gasteiger partial charge in [0.25, 0.3) is 5.91 Å². The first kappa shape index (κ1) is 24.2. The van der Waals surface area contributed by atoms with Gasteiger partial charge in [-0.2, -0.15) is 0 Å². The number of hydrogen-bond donors (Lipinski definition) is 1. The Kier molecular flexibility index (Phi) is 9.11. The molecule has 0 aliphatic carbocycles. The molecule has 0 unspecified atom stereocenters. The summed E-state index contributed by atoms with van der Waals surface area (Å²) in [6.45, 7) is 11.8. The molecule has 0 spiro atoms. The van der Waals surface area contributed by atoms with Crippen molar-refractivity contribution in [2.45, 2.75) is 53.1 Å². The van der Waals surface area contributed by atoms with E-state index in [0.717, 1.165) is 56.2 Å². The van der Waals surface area contributed by atoms with Crippen LogP contribution < -0.4 is 10.1 Å². The average Bonchev–Trinajstić information content (AvgIpc) is 3.16. The fourth-order valence-corrected chi connectivity index (χ4v) is 3.77. The molecule has 0 bridgehead atoms. The van der Waals surface area contributed by atoms with E-state index >= 15 is 0 Å². The molecule has 2 heterocycles. The Morgan fingerprint density at radius 1 is 1.20 bits per heavy atom. The highest BCUT2D eigenvalue weighted by atomic mass is 35.5. The van der Waals surface area contributed by atoms with Crippen LogP contribution in [0.1, 0.15) is 56.7 Å². The summed E-state index contributed by atoms with van der Waals surface area (Å²) in [7, 11) is 0. The van der Waals surface area contributed by atoms with Crippen LogP contribution >= 0.6 is 12.4 Å². The minimum Gasteiger partial charge on any atom is -0.491 e. The number of nitrogens with zero attached hydrogens (tertiary/aromatic N) is 4. The lowest BCUT2D eigenvalue weighted by atomic mass is 9.96. The van der Waals surface area contributed by atoms with Crippen LogP contribution in [0.3, 0.4) is 0 Å². The second-order valence-electron chi connectivity index (χ2n) is 7.85. The second-order valence-corrected chi connectivity index (χ2v) is 7.85. The van der Waals surface area contributed by atoms with Crippen molar-refractivity contribution in [3.63, 3.8) is 0 Å². The molecule has 0 atom stereocenters. The molecule has 30 heavy (non-hydrogen) atoms. The third kappa shape index (κ3) is 5.73. The first-order valence-corrected chi connectivity index (χ1v) is 10.7. The Morgan fingerprint density at radius 3 is 2.43 bits per heavy atom. The maximum atomic E-state index is 13.1. The number of ether oxygens (including phenoxy) is 1. The predicted octanol–water partition coefficient (Wildman–Crippen LogP) is 3.50. The number of amides is 1. The third-order valence-corrected chi connectivity index (χ3v) is 5.34. The zero-order valence-corrected chi connectivity index (χ0v) is 19.2. The summed E-state index contributed by atoms with van der Waals surface area (Å²) in [6.07, 6.45) is 2.89. The minimum absolute atomic E-state index is 0. The van der Waals surface area contributed by atoms with E-state index in [1.54, 1.807) is 4.68 Å². The smallest absolute Gasteiger partial charge is 0.276 e. The highest BCUT2D eigenvalue weighted by Crippen LogP contribution is 2.22. The van der Waals surface area contributed by atoms with Crippen LogP contribution in [-0.4, -0.2) is 58.1 Å². The molecule has 2 aromatic rings. The van der Waals surface area contributed by atoms with Crippen molar-refractivity contribution in [2.75, 3.05) is 26.2 Å². The van der Waals surface area contributed by atoms with E-state index in [1.807, 2.05) is 49.9 Å². The standard InChI is InChI=1S/C22H33N5O2.ClH/c1-5-20-21(22(28)26-13-11-17(12-14-26)15-23-6-2)24-25-27(20)18-7-9-19(10-8-18)29-16(3)4;/h7-10,16-17,23H,5-6,11-15H2,1-4H3;1H. The Bertz CT molecular complexity index is 798. The molecule has 8 heteroatoms. The maximum absolute atomic E-state index is 13.1. The first-order chi connectivity index (χ1) is 14.0. The van der Waals surface area contributed by atoms with Crippen LogP contribution in [0.5, 0.6) is 5.75 Å². The normalized spacial score (nSPS) is 14.6. The van der Waals surface area contributed by atoms with Crippen LogP contribution in [0, 0.1) is 5.92 Å². The van der Waals surface area contributed by atoms with E-state index in [4.69, 9.17) is 4.74 Å². The summed E-state index contributed by atoms with van der Waals surface area (Å²) >= 11 is 0. The van der Waals surface area contributed by atoms with E-state index in [-0.39, 0.29) is 24.4 Å². The zero-order valence-electron chi connectivity index (χ0n) is 18.4. The van der Waals surface area contributed by atoms with Gasteiger partial charge in [-0.15, -0.1) is 17.5 Å². The third-order valence-electron chi connectivity index (χ3n) is 5.34. The molecule has 1 N–H and O–H groups in total. The van der Waals surface area contributed by atoms with Crippen molar-refractivity contribution in [3.8, 4) is 11.4 Å². The highest BCUT2D eigenvalue weighted by molar-refractivity contribution is 5.93. The molecular weight excluding hydrogens is 402 g/mol. The van der Waals surface area contributed by atoms with Crippen molar-refractivity contribution in [1.82, 2.24) is 25.2 Å². The molecule has 166 valence electrons. The van der Waals surface area contributed by atoms with Crippen molar-refractivity contribution in [3.05, 3.63) is 35.7 Å². The van der Waals surface area contributed by atoms with Crippen molar-refractivity contribution < 1.29 is 9.53 Å². The van der Waals surface area contributed by atoms with Gasteiger partial charge in [-0.1, -0.05) is 19.1 Å². The number of halogens is 1. The molecule has 0 radical (unpaired) electrons. The van der Waals surface area contributed by atoms with Crippen molar-refractivity contribution in [2.24, 2.45) is 5.92 Å². The second kappa shape index (κ2) is 11.3. The molecule has 1 aliphatic rings. The minimum atomic E-state index is -0.00485. The molecule has 1 saturated heterocycles. The SMILES string of the molecule is CCNCC1CCN(C(=O)c2nnn(-c3ccc(OC(C)C)cc3)c2CC)CC1.Cl. The maximum Gasteiger partial charge on any atom is 0.276 e. The summed E-state index contributed by atoms with van der Waals surface area (Å²) in [6, 6.07) is 7.75. The van der Waals surface area contributed by atoms with Gasteiger partial charge < -0.3 is 15.0 Å². The fourth-order valence-electron chi connectivity index (χ4n) is 3.77. The van der Waals surface area contributed by atoms with Gasteiger partial charge in [-0.3, -0.25) is 4.79 Å². The van der Waals surface area contributed by atoms with E-state index in [9.17, 15) is 4.79 Å². The first-order valence-electron chi connectivity index (χ1n) is 10.7. The van der Waals surface area contributed by atoms with Crippen LogP contribution in [0.4, 0.5) is 0 Å². The fraction of sp³-hybridized carbons (Fsp3) is 0.591. The molecule has 7 nitrogen and oxygen atoms in total. The number of nitrogens with one attached hydrogen (secondary N) is 1. The van der Waals surface area contributed by atoms with Gasteiger partial charge >= 0.3 is 0 Å². The number of aromatic nitrogens is 3. The zero-order chi connectivity index (χ0) is 20.8. The summed E-state index contributed by atoms with van der Waals surface area (Å²) in [5.74, 6) is 1.46. The lowest BCUT2D eigenvalue weighted by Gasteiger charge is -2.31. The van der Waals surface area contributed by atoms with Gasteiger partial charge in [0.15, 0.2) is 5.69 Å². The number of hydrogen-bond acceptors (Lipinski definition) is 5. The highest BCUT2D eigenvalue weighted by Gasteiger charge is 2.28. The summed E-state index contributed by atoms with van der Waals surface area (Å²) in [5.41, 5.74) is 2.20.